The first-order chi connectivity index (χ1) is 3.83. The summed E-state index contributed by atoms with van der Waals surface area (Å²) in [4.78, 5) is 10.2. The molecule has 1 aliphatic heterocycles. The third kappa shape index (κ3) is 0.877. The summed E-state index contributed by atoms with van der Waals surface area (Å²) < 4.78 is 0. The maximum Gasteiger partial charge on any atom is 0.316 e. The predicted octanol–water partition coefficient (Wildman–Crippen LogP) is -1.40. The number of carbonyl (C=O) groups excluding carboxylic acids is 1. The summed E-state index contributed by atoms with van der Waals surface area (Å²) in [7, 11) is 0. The molecule has 1 fully saturated rings. The van der Waals surface area contributed by atoms with Crippen molar-refractivity contribution in [3.63, 3.8) is 0 Å². The first-order valence-electron chi connectivity index (χ1n) is 2.27. The lowest BCUT2D eigenvalue weighted by atomic mass is 10.6. The molecule has 1 saturated heterocycles. The van der Waals surface area contributed by atoms with Gasteiger partial charge in [0.05, 0.1) is 6.54 Å². The standard InChI is InChI=1S/C3H7N3O2/c7-3-4-1-2(5-3)6-8/h2,6,8H,1H2,(H2,4,5,7). The van der Waals surface area contributed by atoms with E-state index < -0.39 is 0 Å². The number of hydrogen-bond acceptors (Lipinski definition) is 3. The Bertz CT molecular complexity index is 105. The van der Waals surface area contributed by atoms with Crippen molar-refractivity contribution in [2.75, 3.05) is 6.54 Å². The molecule has 0 aromatic carbocycles. The average Bonchev–Trinajstić information content (AvgIpc) is 2.14. The Balaban J connectivity index is 2.32. The number of urea groups is 1. The van der Waals surface area contributed by atoms with Crippen molar-refractivity contribution in [3.05, 3.63) is 0 Å². The quantitative estimate of drug-likeness (QED) is 0.319. The molecular weight excluding hydrogens is 110 g/mol. The lowest BCUT2D eigenvalue weighted by Gasteiger charge is -2.01. The van der Waals surface area contributed by atoms with E-state index in [-0.39, 0.29) is 12.2 Å². The molecule has 0 radical (unpaired) electrons. The highest BCUT2D eigenvalue weighted by molar-refractivity contribution is 5.76. The van der Waals surface area contributed by atoms with E-state index >= 15 is 0 Å². The Hall–Kier alpha value is -0.810. The highest BCUT2D eigenvalue weighted by Crippen LogP contribution is 1.81. The van der Waals surface area contributed by atoms with Crippen LogP contribution < -0.4 is 16.1 Å². The molecule has 0 spiro atoms. The van der Waals surface area contributed by atoms with Crippen LogP contribution in [0.4, 0.5) is 4.79 Å². The van der Waals surface area contributed by atoms with Crippen LogP contribution in [0.2, 0.25) is 0 Å². The van der Waals surface area contributed by atoms with Gasteiger partial charge in [-0.15, -0.1) is 0 Å². The third-order valence-corrected chi connectivity index (χ3v) is 0.928. The Morgan fingerprint density at radius 3 is 2.88 bits per heavy atom. The normalized spacial score (nSPS) is 27.1. The van der Waals surface area contributed by atoms with Crippen molar-refractivity contribution in [3.8, 4) is 0 Å². The minimum Gasteiger partial charge on any atom is -0.335 e. The van der Waals surface area contributed by atoms with Crippen LogP contribution in [0, 0.1) is 0 Å². The molecular formula is C3H7N3O2. The van der Waals surface area contributed by atoms with E-state index in [1.165, 1.54) is 0 Å². The van der Waals surface area contributed by atoms with Gasteiger partial charge in [0.2, 0.25) is 0 Å². The SMILES string of the molecule is O=C1NCC(NO)N1. The zero-order chi connectivity index (χ0) is 5.98. The lowest BCUT2D eigenvalue weighted by Crippen LogP contribution is -2.38. The number of hydrogen-bond donors (Lipinski definition) is 4. The predicted molar refractivity (Wildman–Crippen MR) is 25.2 cm³/mol. The van der Waals surface area contributed by atoms with Gasteiger partial charge in [0.1, 0.15) is 6.17 Å². The Morgan fingerprint density at radius 2 is 2.62 bits per heavy atom. The van der Waals surface area contributed by atoms with Crippen LogP contribution in [0.5, 0.6) is 0 Å². The third-order valence-electron chi connectivity index (χ3n) is 0.928. The van der Waals surface area contributed by atoms with Crippen molar-refractivity contribution in [2.24, 2.45) is 0 Å². The number of hydroxylamine groups is 1. The highest BCUT2D eigenvalue weighted by atomic mass is 16.5. The van der Waals surface area contributed by atoms with Crippen LogP contribution in [0.25, 0.3) is 0 Å². The van der Waals surface area contributed by atoms with Gasteiger partial charge in [-0.3, -0.25) is 0 Å². The van der Waals surface area contributed by atoms with Crippen molar-refractivity contribution >= 4 is 6.03 Å². The fourth-order valence-electron chi connectivity index (χ4n) is 0.533. The first kappa shape index (κ1) is 5.33. The van der Waals surface area contributed by atoms with Gasteiger partial charge in [-0.05, 0) is 0 Å². The van der Waals surface area contributed by atoms with Crippen molar-refractivity contribution < 1.29 is 10.0 Å². The summed E-state index contributed by atoms with van der Waals surface area (Å²) in [6.45, 7) is 0.426. The minimum absolute atomic E-state index is 0.253. The smallest absolute Gasteiger partial charge is 0.316 e. The van der Waals surface area contributed by atoms with Gasteiger partial charge < -0.3 is 15.8 Å². The zero-order valence-electron chi connectivity index (χ0n) is 4.14. The fourth-order valence-corrected chi connectivity index (χ4v) is 0.533. The Morgan fingerprint density at radius 1 is 1.88 bits per heavy atom. The van der Waals surface area contributed by atoms with Gasteiger partial charge in [0.25, 0.3) is 0 Å². The van der Waals surface area contributed by atoms with Crippen molar-refractivity contribution in [2.45, 2.75) is 6.17 Å². The van der Waals surface area contributed by atoms with E-state index in [0.29, 0.717) is 6.54 Å². The molecule has 0 aromatic rings. The molecule has 1 unspecified atom stereocenters. The number of amides is 2. The van der Waals surface area contributed by atoms with Crippen LogP contribution in [0.3, 0.4) is 0 Å². The van der Waals surface area contributed by atoms with Crippen LogP contribution >= 0.6 is 0 Å². The maximum absolute atomic E-state index is 10.2. The number of nitrogens with one attached hydrogen (secondary N) is 3. The van der Waals surface area contributed by atoms with Crippen LogP contribution in [-0.2, 0) is 0 Å². The molecule has 4 N–H and O–H groups in total. The summed E-state index contributed by atoms with van der Waals surface area (Å²) in [5.74, 6) is 0. The zero-order valence-corrected chi connectivity index (χ0v) is 4.14. The molecule has 1 rings (SSSR count). The Labute approximate surface area is 46.0 Å². The van der Waals surface area contributed by atoms with E-state index in [0.717, 1.165) is 0 Å². The molecule has 0 saturated carbocycles. The monoisotopic (exact) mass is 117 g/mol. The van der Waals surface area contributed by atoms with Crippen LogP contribution in [-0.4, -0.2) is 23.9 Å². The second-order valence-electron chi connectivity index (χ2n) is 1.54. The second kappa shape index (κ2) is 1.97. The molecule has 1 atom stereocenters. The summed E-state index contributed by atoms with van der Waals surface area (Å²) in [6.07, 6.45) is -0.331. The van der Waals surface area contributed by atoms with E-state index in [2.05, 4.69) is 10.6 Å². The molecule has 2 amide bonds. The summed E-state index contributed by atoms with van der Waals surface area (Å²) in [5.41, 5.74) is 1.90. The lowest BCUT2D eigenvalue weighted by molar-refractivity contribution is 0.125. The molecule has 1 heterocycles. The van der Waals surface area contributed by atoms with E-state index in [9.17, 15) is 4.79 Å². The van der Waals surface area contributed by atoms with Gasteiger partial charge in [0.15, 0.2) is 0 Å². The van der Waals surface area contributed by atoms with Crippen molar-refractivity contribution in [1.82, 2.24) is 16.1 Å². The molecule has 5 heteroatoms. The van der Waals surface area contributed by atoms with Crippen LogP contribution in [0.1, 0.15) is 0 Å². The van der Waals surface area contributed by atoms with Gasteiger partial charge in [-0.2, -0.15) is 5.48 Å². The average molecular weight is 117 g/mol. The minimum atomic E-state index is -0.331. The summed E-state index contributed by atoms with van der Waals surface area (Å²) in [5, 5.41) is 13.0. The van der Waals surface area contributed by atoms with Crippen molar-refractivity contribution in [1.29, 1.82) is 0 Å². The summed E-state index contributed by atoms with van der Waals surface area (Å²) >= 11 is 0. The van der Waals surface area contributed by atoms with Gasteiger partial charge in [0, 0.05) is 0 Å². The van der Waals surface area contributed by atoms with E-state index in [4.69, 9.17) is 5.21 Å². The molecule has 5 nitrogen and oxygen atoms in total. The Kier molecular flexibility index (Phi) is 1.32. The van der Waals surface area contributed by atoms with Crippen LogP contribution in [0.15, 0.2) is 0 Å². The highest BCUT2D eigenvalue weighted by Gasteiger charge is 2.17. The first-order valence-corrected chi connectivity index (χ1v) is 2.27. The molecule has 0 aliphatic carbocycles. The van der Waals surface area contributed by atoms with Gasteiger partial charge in [-0.1, -0.05) is 0 Å². The number of rotatable bonds is 1. The molecule has 8 heavy (non-hydrogen) atoms. The molecule has 1 aliphatic rings. The maximum atomic E-state index is 10.2. The molecule has 46 valence electrons. The molecule has 0 aromatic heterocycles. The van der Waals surface area contributed by atoms with E-state index in [1.54, 1.807) is 0 Å². The topological polar surface area (TPSA) is 73.4 Å². The van der Waals surface area contributed by atoms with Gasteiger partial charge >= 0.3 is 6.03 Å². The molecule has 0 bridgehead atoms. The second-order valence-corrected chi connectivity index (χ2v) is 1.54. The van der Waals surface area contributed by atoms with Gasteiger partial charge in [-0.25, -0.2) is 4.79 Å². The summed E-state index contributed by atoms with van der Waals surface area (Å²) in [6, 6.07) is -0.253. The number of carbonyl (C=O) groups is 1. The fraction of sp³-hybridized carbons (Fsp3) is 0.667. The van der Waals surface area contributed by atoms with E-state index in [1.807, 2.05) is 5.48 Å². The largest absolute Gasteiger partial charge is 0.335 e.